The molecule has 0 bridgehead atoms. The van der Waals surface area contributed by atoms with Gasteiger partial charge in [-0.25, -0.2) is 4.79 Å². The number of hydrogen-bond donors (Lipinski definition) is 2. The Balaban J connectivity index is 3.58. The minimum atomic E-state index is -0.970. The first-order chi connectivity index (χ1) is 8.32. The van der Waals surface area contributed by atoms with E-state index in [4.69, 9.17) is 0 Å². The molecule has 18 heavy (non-hydrogen) atoms. The Morgan fingerprint density at radius 3 is 1.72 bits per heavy atom. The summed E-state index contributed by atoms with van der Waals surface area (Å²) in [5, 5.41) is 12.0. The van der Waals surface area contributed by atoms with Crippen LogP contribution in [0.15, 0.2) is 0 Å². The third-order valence-electron chi connectivity index (χ3n) is 2.04. The van der Waals surface area contributed by atoms with Gasteiger partial charge in [0.25, 0.3) is 5.91 Å². The van der Waals surface area contributed by atoms with Crippen LogP contribution in [-0.2, 0) is 0 Å². The van der Waals surface area contributed by atoms with Crippen molar-refractivity contribution in [3.8, 4) is 0 Å². The lowest BCUT2D eigenvalue weighted by Gasteiger charge is -2.14. The molecule has 0 radical (unpaired) electrons. The number of benzene rings is 1. The Bertz CT molecular complexity index is 501. The zero-order valence-electron chi connectivity index (χ0n) is 8.98. The Morgan fingerprint density at radius 2 is 1.39 bits per heavy atom. The van der Waals surface area contributed by atoms with E-state index in [9.17, 15) is 14.7 Å². The minimum Gasteiger partial charge on any atom is -0.478 e. The Labute approximate surface area is 159 Å². The maximum atomic E-state index is 12.0. The first kappa shape index (κ1) is 17.1. The third kappa shape index (κ3) is 3.39. The van der Waals surface area contributed by atoms with Crippen molar-refractivity contribution in [2.75, 3.05) is 6.54 Å². The lowest BCUT2D eigenvalue weighted by atomic mass is 10.1. The normalized spacial score (nSPS) is 10.3. The molecule has 0 spiro atoms. The summed E-state index contributed by atoms with van der Waals surface area (Å²) in [6, 6.07) is 0. The molecule has 1 aromatic rings. The smallest absolute Gasteiger partial charge is 0.337 e. The highest BCUT2D eigenvalue weighted by atomic mass is 127. The maximum absolute atomic E-state index is 12.0. The molecule has 0 aliphatic carbocycles. The number of hydrogen-bond acceptors (Lipinski definition) is 2. The first-order valence-electron chi connectivity index (χ1n) is 4.70. The molecule has 0 unspecified atom stereocenters. The fourth-order valence-corrected chi connectivity index (χ4v) is 5.41. The van der Waals surface area contributed by atoms with Crippen molar-refractivity contribution < 1.29 is 14.7 Å². The van der Waals surface area contributed by atoms with Gasteiger partial charge < -0.3 is 10.4 Å². The van der Waals surface area contributed by atoms with Crippen molar-refractivity contribution in [2.24, 2.45) is 0 Å². The lowest BCUT2D eigenvalue weighted by Crippen LogP contribution is -2.26. The molecular formula is C10H7I4NO3. The van der Waals surface area contributed by atoms with Gasteiger partial charge >= 0.3 is 5.97 Å². The number of carbonyl (C=O) groups is 2. The van der Waals surface area contributed by atoms with Crippen molar-refractivity contribution in [2.45, 2.75) is 6.92 Å². The molecule has 2 N–H and O–H groups in total. The highest BCUT2D eigenvalue weighted by Crippen LogP contribution is 2.32. The average molecular weight is 697 g/mol. The molecule has 98 valence electrons. The van der Waals surface area contributed by atoms with E-state index in [2.05, 4.69) is 5.32 Å². The highest BCUT2D eigenvalue weighted by molar-refractivity contribution is 14.1. The predicted octanol–water partition coefficient (Wildman–Crippen LogP) is 3.55. The van der Waals surface area contributed by atoms with E-state index >= 15 is 0 Å². The topological polar surface area (TPSA) is 66.4 Å². The van der Waals surface area contributed by atoms with Crippen LogP contribution in [-0.4, -0.2) is 23.5 Å². The number of carbonyl (C=O) groups excluding carboxylic acids is 1. The van der Waals surface area contributed by atoms with Crippen molar-refractivity contribution in [3.63, 3.8) is 0 Å². The molecule has 4 nitrogen and oxygen atoms in total. The molecule has 0 aliphatic rings. The largest absolute Gasteiger partial charge is 0.478 e. The molecule has 0 aromatic heterocycles. The van der Waals surface area contributed by atoms with Gasteiger partial charge in [-0.15, -0.1) is 0 Å². The van der Waals surface area contributed by atoms with E-state index < -0.39 is 5.97 Å². The second kappa shape index (κ2) is 7.19. The second-order valence-electron chi connectivity index (χ2n) is 3.17. The van der Waals surface area contributed by atoms with Gasteiger partial charge in [0.1, 0.15) is 0 Å². The van der Waals surface area contributed by atoms with E-state index in [0.29, 0.717) is 26.4 Å². The number of aromatic carboxylic acids is 1. The summed E-state index contributed by atoms with van der Waals surface area (Å²) in [4.78, 5) is 23.2. The zero-order chi connectivity index (χ0) is 14.0. The number of nitrogens with one attached hydrogen (secondary N) is 1. The minimum absolute atomic E-state index is 0.168. The molecule has 1 amide bonds. The van der Waals surface area contributed by atoms with Crippen molar-refractivity contribution in [3.05, 3.63) is 25.4 Å². The highest BCUT2D eigenvalue weighted by Gasteiger charge is 2.25. The monoisotopic (exact) mass is 697 g/mol. The van der Waals surface area contributed by atoms with E-state index in [1.165, 1.54) is 0 Å². The van der Waals surface area contributed by atoms with E-state index in [1.54, 1.807) is 0 Å². The molecule has 1 aromatic carbocycles. The van der Waals surface area contributed by atoms with Gasteiger partial charge in [-0.2, -0.15) is 0 Å². The molecule has 0 saturated heterocycles. The molecule has 0 aliphatic heterocycles. The van der Waals surface area contributed by atoms with Gasteiger partial charge in [0.15, 0.2) is 0 Å². The Kier molecular flexibility index (Phi) is 6.85. The van der Waals surface area contributed by atoms with Crippen LogP contribution >= 0.6 is 90.4 Å². The summed E-state index contributed by atoms with van der Waals surface area (Å²) in [5.74, 6) is -1.14. The zero-order valence-corrected chi connectivity index (χ0v) is 17.6. The van der Waals surface area contributed by atoms with E-state index in [1.807, 2.05) is 97.3 Å². The van der Waals surface area contributed by atoms with Crippen LogP contribution in [0.25, 0.3) is 0 Å². The molecular weight excluding hydrogens is 690 g/mol. The number of carboxylic acids is 1. The fraction of sp³-hybridized carbons (Fsp3) is 0.200. The van der Waals surface area contributed by atoms with Gasteiger partial charge in [0.2, 0.25) is 0 Å². The summed E-state index contributed by atoms with van der Waals surface area (Å²) in [7, 11) is 0. The molecule has 0 heterocycles. The lowest BCUT2D eigenvalue weighted by molar-refractivity contribution is 0.0693. The van der Waals surface area contributed by atoms with Crippen LogP contribution in [0, 0.1) is 14.3 Å². The van der Waals surface area contributed by atoms with Crippen LogP contribution in [0.1, 0.15) is 27.6 Å². The summed E-state index contributed by atoms with van der Waals surface area (Å²) in [6.07, 6.45) is 0. The second-order valence-corrected chi connectivity index (χ2v) is 7.49. The maximum Gasteiger partial charge on any atom is 0.337 e. The molecule has 1 rings (SSSR count). The summed E-state index contributed by atoms with van der Waals surface area (Å²) in [6.45, 7) is 2.39. The van der Waals surface area contributed by atoms with Gasteiger partial charge in [-0.1, -0.05) is 0 Å². The van der Waals surface area contributed by atoms with Crippen LogP contribution in [0.5, 0.6) is 0 Å². The van der Waals surface area contributed by atoms with Crippen molar-refractivity contribution in [1.82, 2.24) is 5.32 Å². The third-order valence-corrected chi connectivity index (χ3v) is 8.42. The predicted molar refractivity (Wildman–Crippen MR) is 102 cm³/mol. The quantitative estimate of drug-likeness (QED) is 0.376. The molecule has 0 fully saturated rings. The van der Waals surface area contributed by atoms with Gasteiger partial charge in [-0.3, -0.25) is 4.79 Å². The average Bonchev–Trinajstić information content (AvgIpc) is 2.27. The summed E-state index contributed by atoms with van der Waals surface area (Å²) in [5.41, 5.74) is 0.815. The Morgan fingerprint density at radius 1 is 1.00 bits per heavy atom. The van der Waals surface area contributed by atoms with Gasteiger partial charge in [-0.05, 0) is 97.3 Å². The van der Waals surface area contributed by atoms with Crippen LogP contribution in [0.2, 0.25) is 0 Å². The molecule has 0 saturated carbocycles. The fourth-order valence-electron chi connectivity index (χ4n) is 1.27. The standard InChI is InChI=1S/C10H7I4NO3/c1-2-15-9(16)3-5(11)7(13)4(10(17)18)8(14)6(3)12/h2H2,1H3,(H,15,16)(H,17,18). The van der Waals surface area contributed by atoms with E-state index in [0.717, 1.165) is 0 Å². The summed E-state index contributed by atoms with van der Waals surface area (Å²) >= 11 is 7.99. The van der Waals surface area contributed by atoms with Crippen LogP contribution in [0.3, 0.4) is 0 Å². The van der Waals surface area contributed by atoms with Crippen LogP contribution in [0.4, 0.5) is 0 Å². The van der Waals surface area contributed by atoms with E-state index in [-0.39, 0.29) is 11.5 Å². The number of amides is 1. The number of carboxylic acid groups (broad SMARTS) is 1. The van der Waals surface area contributed by atoms with Crippen molar-refractivity contribution >= 4 is 102 Å². The van der Waals surface area contributed by atoms with Crippen LogP contribution < -0.4 is 5.32 Å². The van der Waals surface area contributed by atoms with Gasteiger partial charge in [0.05, 0.1) is 11.1 Å². The molecule has 8 heteroatoms. The number of rotatable bonds is 3. The number of halogens is 4. The molecule has 0 atom stereocenters. The first-order valence-corrected chi connectivity index (χ1v) is 9.01. The Hall–Kier alpha value is 1.08. The summed E-state index contributed by atoms with van der Waals surface area (Å²) < 4.78 is 2.57. The van der Waals surface area contributed by atoms with Crippen molar-refractivity contribution in [1.29, 1.82) is 0 Å². The van der Waals surface area contributed by atoms with Gasteiger partial charge in [0, 0.05) is 20.8 Å². The SMILES string of the molecule is CCNC(=O)c1c(I)c(I)c(C(=O)O)c(I)c1I.